The van der Waals surface area contributed by atoms with E-state index >= 15 is 0 Å². The molecule has 0 aliphatic rings. The zero-order chi connectivity index (χ0) is 18.1. The van der Waals surface area contributed by atoms with Gasteiger partial charge >= 0.3 is 0 Å². The molecule has 4 atom stereocenters. The predicted molar refractivity (Wildman–Crippen MR) is 87.4 cm³/mol. The van der Waals surface area contributed by atoms with Crippen LogP contribution in [0.25, 0.3) is 0 Å². The van der Waals surface area contributed by atoms with Crippen molar-refractivity contribution in [1.29, 1.82) is 0 Å². The van der Waals surface area contributed by atoms with Crippen LogP contribution < -0.4 is 10.7 Å². The highest BCUT2D eigenvalue weighted by molar-refractivity contribution is 5.81. The largest absolute Gasteiger partial charge is 0.394 e. The minimum absolute atomic E-state index is 0.0507. The maximum atomic E-state index is 11.6. The number of carbonyl (C=O) groups excluding carboxylic acids is 1. The topological polar surface area (TPSA) is 155 Å². The van der Waals surface area contributed by atoms with E-state index in [2.05, 4.69) is 15.8 Å². The molecule has 0 fully saturated rings. The van der Waals surface area contributed by atoms with E-state index in [9.17, 15) is 20.1 Å². The Balaban J connectivity index is 2.37. The smallest absolute Gasteiger partial charge is 0.259 e. The first-order chi connectivity index (χ1) is 11.3. The molecule has 0 aliphatic heterocycles. The zero-order valence-electron chi connectivity index (χ0n) is 13.2. The van der Waals surface area contributed by atoms with Crippen LogP contribution in [0.1, 0.15) is 5.56 Å². The van der Waals surface area contributed by atoms with Crippen LogP contribution in [0, 0.1) is 6.92 Å². The third kappa shape index (κ3) is 6.60. The molecule has 0 saturated heterocycles. The van der Waals surface area contributed by atoms with Crippen molar-refractivity contribution in [2.24, 2.45) is 5.10 Å². The Morgan fingerprint density at radius 2 is 1.79 bits per heavy atom. The minimum Gasteiger partial charge on any atom is -0.394 e. The van der Waals surface area contributed by atoms with Gasteiger partial charge in [-0.3, -0.25) is 4.79 Å². The van der Waals surface area contributed by atoms with Crippen molar-refractivity contribution in [2.75, 3.05) is 18.5 Å². The highest BCUT2D eigenvalue weighted by Gasteiger charge is 2.29. The molecule has 0 spiro atoms. The molecule has 0 aliphatic carbocycles. The number of rotatable bonds is 9. The lowest BCUT2D eigenvalue weighted by molar-refractivity contribution is -0.119. The molecule has 0 radical (unpaired) electrons. The molecule has 1 aromatic rings. The molecule has 134 valence electrons. The third-order valence-electron chi connectivity index (χ3n) is 3.20. The Morgan fingerprint density at radius 3 is 2.38 bits per heavy atom. The first-order valence-electron chi connectivity index (χ1n) is 7.31. The number of hydrazone groups is 1. The number of hydrogen-bond acceptors (Lipinski definition) is 8. The average molecular weight is 341 g/mol. The van der Waals surface area contributed by atoms with E-state index in [0.717, 1.165) is 17.5 Å². The van der Waals surface area contributed by atoms with E-state index < -0.39 is 36.9 Å². The van der Waals surface area contributed by atoms with Gasteiger partial charge in [-0.05, 0) is 19.1 Å². The van der Waals surface area contributed by atoms with Gasteiger partial charge in [0, 0.05) is 5.69 Å². The van der Waals surface area contributed by atoms with Gasteiger partial charge in [0.15, 0.2) is 0 Å². The normalized spacial score (nSPS) is 16.4. The van der Waals surface area contributed by atoms with Gasteiger partial charge in [-0.2, -0.15) is 5.10 Å². The second-order valence-corrected chi connectivity index (χ2v) is 5.25. The molecule has 9 heteroatoms. The van der Waals surface area contributed by atoms with Gasteiger partial charge < -0.3 is 30.8 Å². The number of amides is 1. The van der Waals surface area contributed by atoms with Gasteiger partial charge in [0.2, 0.25) is 0 Å². The number of aliphatic hydroxyl groups is 5. The van der Waals surface area contributed by atoms with Gasteiger partial charge in [-0.1, -0.05) is 17.7 Å². The highest BCUT2D eigenvalue weighted by atomic mass is 16.4. The Morgan fingerprint density at radius 1 is 1.17 bits per heavy atom. The fourth-order valence-corrected chi connectivity index (χ4v) is 1.70. The maximum Gasteiger partial charge on any atom is 0.259 e. The number of hydrogen-bond donors (Lipinski definition) is 7. The SMILES string of the molecule is Cc1ccc(NCC(=O)N/N=C/[C@@H](O)[C@@H](O)[C@H](O)[C@H](O)CO)cc1. The van der Waals surface area contributed by atoms with Crippen LogP contribution >= 0.6 is 0 Å². The molecule has 24 heavy (non-hydrogen) atoms. The van der Waals surface area contributed by atoms with E-state index in [1.165, 1.54) is 0 Å². The highest BCUT2D eigenvalue weighted by Crippen LogP contribution is 2.07. The number of anilines is 1. The number of nitrogens with one attached hydrogen (secondary N) is 2. The van der Waals surface area contributed by atoms with Crippen molar-refractivity contribution in [1.82, 2.24) is 5.43 Å². The summed E-state index contributed by atoms with van der Waals surface area (Å²) in [5, 5.41) is 52.7. The van der Waals surface area contributed by atoms with E-state index in [0.29, 0.717) is 0 Å². The summed E-state index contributed by atoms with van der Waals surface area (Å²) in [5.74, 6) is -0.482. The molecule has 7 N–H and O–H groups in total. The summed E-state index contributed by atoms with van der Waals surface area (Å²) in [7, 11) is 0. The monoisotopic (exact) mass is 341 g/mol. The fourth-order valence-electron chi connectivity index (χ4n) is 1.70. The van der Waals surface area contributed by atoms with Crippen molar-refractivity contribution in [3.63, 3.8) is 0 Å². The molecule has 0 heterocycles. The van der Waals surface area contributed by atoms with Crippen LogP contribution in [0.2, 0.25) is 0 Å². The Hall–Kier alpha value is -2.04. The number of benzene rings is 1. The maximum absolute atomic E-state index is 11.6. The van der Waals surface area contributed by atoms with Crippen molar-refractivity contribution in [2.45, 2.75) is 31.3 Å². The van der Waals surface area contributed by atoms with Crippen LogP contribution in [0.5, 0.6) is 0 Å². The molecule has 0 unspecified atom stereocenters. The Labute approximate surface area is 139 Å². The molecule has 1 aromatic carbocycles. The van der Waals surface area contributed by atoms with Crippen molar-refractivity contribution in [3.05, 3.63) is 29.8 Å². The molecule has 1 rings (SSSR count). The summed E-state index contributed by atoms with van der Waals surface area (Å²) in [6.45, 7) is 1.12. The summed E-state index contributed by atoms with van der Waals surface area (Å²) in [6, 6.07) is 7.42. The van der Waals surface area contributed by atoms with Gasteiger partial charge in [0.25, 0.3) is 5.91 Å². The summed E-state index contributed by atoms with van der Waals surface area (Å²) in [5.41, 5.74) is 3.99. The minimum atomic E-state index is -1.77. The van der Waals surface area contributed by atoms with Crippen molar-refractivity contribution < 1.29 is 30.3 Å². The Kier molecular flexibility index (Phi) is 8.30. The van der Waals surface area contributed by atoms with E-state index in [-0.39, 0.29) is 6.54 Å². The van der Waals surface area contributed by atoms with Crippen LogP contribution in [0.3, 0.4) is 0 Å². The van der Waals surface area contributed by atoms with Crippen LogP contribution in [-0.4, -0.2) is 75.2 Å². The summed E-state index contributed by atoms with van der Waals surface area (Å²) < 4.78 is 0. The van der Waals surface area contributed by atoms with Crippen molar-refractivity contribution >= 4 is 17.8 Å². The predicted octanol–water partition coefficient (Wildman–Crippen LogP) is -2.06. The molecule has 1 amide bonds. The molecule has 0 aromatic heterocycles. The lowest BCUT2D eigenvalue weighted by Gasteiger charge is -2.23. The van der Waals surface area contributed by atoms with Crippen LogP contribution in [-0.2, 0) is 4.79 Å². The first kappa shape index (κ1) is 20.0. The third-order valence-corrected chi connectivity index (χ3v) is 3.20. The van der Waals surface area contributed by atoms with Crippen LogP contribution in [0.4, 0.5) is 5.69 Å². The lowest BCUT2D eigenvalue weighted by Crippen LogP contribution is -2.46. The molecular formula is C15H23N3O6. The second kappa shape index (κ2) is 9.96. The lowest BCUT2D eigenvalue weighted by atomic mass is 10.0. The van der Waals surface area contributed by atoms with Gasteiger partial charge in [-0.15, -0.1) is 0 Å². The number of aryl methyl sites for hydroxylation is 1. The molecule has 0 bridgehead atoms. The second-order valence-electron chi connectivity index (χ2n) is 5.25. The standard InChI is InChI=1S/C15H23N3O6/c1-9-2-4-10(5-3-9)16-7-13(22)18-17-6-11(20)14(23)15(24)12(21)8-19/h2-6,11-12,14-16,19-21,23-24H,7-8H2,1H3,(H,18,22)/b17-6+/t11-,12-,14-,15-/m1/s1. The number of nitrogens with zero attached hydrogens (tertiary/aromatic N) is 1. The number of carbonyl (C=O) groups is 1. The summed E-state index contributed by atoms with van der Waals surface area (Å²) in [6.07, 6.45) is -5.95. The summed E-state index contributed by atoms with van der Waals surface area (Å²) >= 11 is 0. The molecule has 9 nitrogen and oxygen atoms in total. The van der Waals surface area contributed by atoms with E-state index in [1.54, 1.807) is 0 Å². The fraction of sp³-hybridized carbons (Fsp3) is 0.467. The van der Waals surface area contributed by atoms with Gasteiger partial charge in [-0.25, -0.2) is 5.43 Å². The zero-order valence-corrected chi connectivity index (χ0v) is 13.2. The summed E-state index contributed by atoms with van der Waals surface area (Å²) in [4.78, 5) is 11.6. The first-order valence-corrected chi connectivity index (χ1v) is 7.31. The molecular weight excluding hydrogens is 318 g/mol. The van der Waals surface area contributed by atoms with Gasteiger partial charge in [0.05, 0.1) is 19.4 Å². The van der Waals surface area contributed by atoms with E-state index in [1.807, 2.05) is 31.2 Å². The van der Waals surface area contributed by atoms with Gasteiger partial charge in [0.1, 0.15) is 24.4 Å². The number of aliphatic hydroxyl groups excluding tert-OH is 5. The van der Waals surface area contributed by atoms with Crippen molar-refractivity contribution in [3.8, 4) is 0 Å². The molecule has 0 saturated carbocycles. The Bertz CT molecular complexity index is 537. The van der Waals surface area contributed by atoms with E-state index in [4.69, 9.17) is 10.2 Å². The van der Waals surface area contributed by atoms with Crippen LogP contribution in [0.15, 0.2) is 29.4 Å². The quantitative estimate of drug-likeness (QED) is 0.201. The average Bonchev–Trinajstić information content (AvgIpc) is 2.59.